The maximum atomic E-state index is 14.3. The Morgan fingerprint density at radius 1 is 1.00 bits per heavy atom. The summed E-state index contributed by atoms with van der Waals surface area (Å²) in [5, 5.41) is 0. The molecule has 1 nitrogen and oxygen atoms in total. The summed E-state index contributed by atoms with van der Waals surface area (Å²) >= 11 is 0. The maximum absolute atomic E-state index is 14.3. The van der Waals surface area contributed by atoms with Crippen molar-refractivity contribution in [1.29, 1.82) is 0 Å². The first-order valence-electron chi connectivity index (χ1n) is 9.48. The van der Waals surface area contributed by atoms with E-state index in [1.807, 2.05) is 0 Å². The van der Waals surface area contributed by atoms with Gasteiger partial charge in [-0.05, 0) is 87.3 Å². The van der Waals surface area contributed by atoms with Crippen molar-refractivity contribution >= 4 is 5.57 Å². The van der Waals surface area contributed by atoms with Crippen molar-refractivity contribution in [1.82, 2.24) is 0 Å². The second-order valence-corrected chi connectivity index (χ2v) is 7.41. The van der Waals surface area contributed by atoms with Crippen molar-refractivity contribution in [3.05, 3.63) is 47.6 Å². The van der Waals surface area contributed by atoms with Gasteiger partial charge in [-0.25, -0.2) is 4.39 Å². The summed E-state index contributed by atoms with van der Waals surface area (Å²) in [5.41, 5.74) is 1.34. The molecule has 2 aliphatic carbocycles. The molecular formula is C22H28F2O. The van der Waals surface area contributed by atoms with Crippen LogP contribution >= 0.6 is 0 Å². The van der Waals surface area contributed by atoms with Gasteiger partial charge in [-0.3, -0.25) is 0 Å². The van der Waals surface area contributed by atoms with Crippen LogP contribution in [0.4, 0.5) is 8.78 Å². The predicted octanol–water partition coefficient (Wildman–Crippen LogP) is 6.54. The quantitative estimate of drug-likeness (QED) is 0.562. The summed E-state index contributed by atoms with van der Waals surface area (Å²) in [6.07, 6.45) is 14.7. The summed E-state index contributed by atoms with van der Waals surface area (Å²) in [5.74, 6) is 0.542. The van der Waals surface area contributed by atoms with Crippen LogP contribution in [0.2, 0.25) is 0 Å². The minimum absolute atomic E-state index is 0.0339. The van der Waals surface area contributed by atoms with Gasteiger partial charge in [-0.1, -0.05) is 18.2 Å². The van der Waals surface area contributed by atoms with E-state index in [-0.39, 0.29) is 5.75 Å². The zero-order chi connectivity index (χ0) is 17.8. The Labute approximate surface area is 149 Å². The molecular weight excluding hydrogens is 318 g/mol. The van der Waals surface area contributed by atoms with E-state index in [0.29, 0.717) is 11.5 Å². The van der Waals surface area contributed by atoms with Crippen molar-refractivity contribution in [2.45, 2.75) is 51.9 Å². The average Bonchev–Trinajstić information content (AvgIpc) is 2.65. The van der Waals surface area contributed by atoms with Gasteiger partial charge in [0.1, 0.15) is 0 Å². The number of ether oxygens (including phenoxy) is 1. The van der Waals surface area contributed by atoms with Crippen LogP contribution in [-0.4, -0.2) is 7.11 Å². The van der Waals surface area contributed by atoms with Crippen LogP contribution in [0.15, 0.2) is 30.4 Å². The lowest BCUT2D eigenvalue weighted by Crippen LogP contribution is -2.22. The number of allylic oxidation sites excluding steroid dienone is 4. The summed E-state index contributed by atoms with van der Waals surface area (Å²) < 4.78 is 33.1. The Kier molecular flexibility index (Phi) is 5.93. The largest absolute Gasteiger partial charge is 0.494 e. The standard InChI is InChI=1S/C22H28F2O/c1-3-4-15-5-7-16(8-6-15)17-9-11-18(12-10-17)19-13-14-20(25-2)22(24)21(19)23/h3-4,11,13-17H,5-10,12H2,1-2H3/b4-3+. The van der Waals surface area contributed by atoms with E-state index in [9.17, 15) is 8.78 Å². The van der Waals surface area contributed by atoms with Crippen molar-refractivity contribution in [3.8, 4) is 5.75 Å². The third kappa shape index (κ3) is 3.96. The minimum Gasteiger partial charge on any atom is -0.494 e. The van der Waals surface area contributed by atoms with E-state index in [0.717, 1.165) is 36.7 Å². The van der Waals surface area contributed by atoms with Gasteiger partial charge in [0.15, 0.2) is 11.6 Å². The van der Waals surface area contributed by atoms with Crippen molar-refractivity contribution in [2.24, 2.45) is 17.8 Å². The third-order valence-electron chi connectivity index (χ3n) is 6.01. The molecule has 0 radical (unpaired) electrons. The lowest BCUT2D eigenvalue weighted by atomic mass is 9.71. The Balaban J connectivity index is 1.64. The molecule has 1 saturated carbocycles. The molecule has 0 spiro atoms. The van der Waals surface area contributed by atoms with Gasteiger partial charge >= 0.3 is 0 Å². The van der Waals surface area contributed by atoms with Crippen LogP contribution in [0, 0.1) is 29.4 Å². The monoisotopic (exact) mass is 346 g/mol. The summed E-state index contributed by atoms with van der Waals surface area (Å²) in [6.45, 7) is 2.10. The van der Waals surface area contributed by atoms with E-state index in [2.05, 4.69) is 25.2 Å². The topological polar surface area (TPSA) is 9.23 Å². The highest BCUT2D eigenvalue weighted by atomic mass is 19.2. The van der Waals surface area contributed by atoms with Gasteiger partial charge < -0.3 is 4.74 Å². The summed E-state index contributed by atoms with van der Waals surface area (Å²) in [7, 11) is 1.35. The molecule has 0 aliphatic heterocycles. The second kappa shape index (κ2) is 8.16. The number of benzene rings is 1. The molecule has 136 valence electrons. The summed E-state index contributed by atoms with van der Waals surface area (Å²) in [6, 6.07) is 3.16. The SMILES string of the molecule is C/C=C/C1CCC(C2CC=C(c3ccc(OC)c(F)c3F)CC2)CC1. The fourth-order valence-corrected chi connectivity index (χ4v) is 4.55. The Hall–Kier alpha value is -1.64. The highest BCUT2D eigenvalue weighted by Gasteiger charge is 2.29. The van der Waals surface area contributed by atoms with Gasteiger partial charge in [-0.2, -0.15) is 4.39 Å². The zero-order valence-electron chi connectivity index (χ0n) is 15.2. The minimum atomic E-state index is -0.884. The lowest BCUT2D eigenvalue weighted by Gasteiger charge is -2.35. The van der Waals surface area contributed by atoms with Crippen LogP contribution in [0.5, 0.6) is 5.75 Å². The molecule has 0 amide bonds. The number of halogens is 2. The number of hydrogen-bond donors (Lipinski definition) is 0. The molecule has 1 aromatic rings. The highest BCUT2D eigenvalue weighted by Crippen LogP contribution is 2.42. The van der Waals surface area contributed by atoms with Crippen molar-refractivity contribution < 1.29 is 13.5 Å². The first-order valence-corrected chi connectivity index (χ1v) is 9.48. The van der Waals surface area contributed by atoms with E-state index in [1.54, 1.807) is 6.07 Å². The molecule has 3 rings (SSSR count). The predicted molar refractivity (Wildman–Crippen MR) is 98.5 cm³/mol. The van der Waals surface area contributed by atoms with Crippen LogP contribution < -0.4 is 4.74 Å². The normalized spacial score (nSPS) is 27.4. The second-order valence-electron chi connectivity index (χ2n) is 7.41. The smallest absolute Gasteiger partial charge is 0.201 e. The van der Waals surface area contributed by atoms with E-state index in [1.165, 1.54) is 38.9 Å². The van der Waals surface area contributed by atoms with Crippen LogP contribution in [0.3, 0.4) is 0 Å². The van der Waals surface area contributed by atoms with E-state index >= 15 is 0 Å². The van der Waals surface area contributed by atoms with E-state index < -0.39 is 11.6 Å². The molecule has 1 fully saturated rings. The first-order chi connectivity index (χ1) is 12.1. The van der Waals surface area contributed by atoms with Gasteiger partial charge in [-0.15, -0.1) is 0 Å². The zero-order valence-corrected chi connectivity index (χ0v) is 15.2. The Morgan fingerprint density at radius 3 is 2.36 bits per heavy atom. The molecule has 0 aromatic heterocycles. The van der Waals surface area contributed by atoms with Crippen LogP contribution in [0.25, 0.3) is 5.57 Å². The molecule has 1 atom stereocenters. The maximum Gasteiger partial charge on any atom is 0.201 e. The molecule has 2 aliphatic rings. The Morgan fingerprint density at radius 2 is 1.76 bits per heavy atom. The lowest BCUT2D eigenvalue weighted by molar-refractivity contribution is 0.212. The fourth-order valence-electron chi connectivity index (χ4n) is 4.55. The van der Waals surface area contributed by atoms with Crippen LogP contribution in [0.1, 0.15) is 57.4 Å². The highest BCUT2D eigenvalue weighted by molar-refractivity contribution is 5.67. The third-order valence-corrected chi connectivity index (χ3v) is 6.01. The average molecular weight is 346 g/mol. The van der Waals surface area contributed by atoms with Gasteiger partial charge in [0.25, 0.3) is 0 Å². The molecule has 1 unspecified atom stereocenters. The van der Waals surface area contributed by atoms with Gasteiger partial charge in [0.05, 0.1) is 7.11 Å². The number of methoxy groups -OCH3 is 1. The molecule has 25 heavy (non-hydrogen) atoms. The molecule has 0 N–H and O–H groups in total. The first kappa shape index (κ1) is 18.2. The molecule has 3 heteroatoms. The fraction of sp³-hybridized carbons (Fsp3) is 0.545. The van der Waals surface area contributed by atoms with Crippen molar-refractivity contribution in [3.63, 3.8) is 0 Å². The molecule has 0 bridgehead atoms. The van der Waals surface area contributed by atoms with E-state index in [4.69, 9.17) is 4.74 Å². The van der Waals surface area contributed by atoms with Gasteiger partial charge in [0, 0.05) is 5.56 Å². The molecule has 0 heterocycles. The molecule has 1 aromatic carbocycles. The molecule has 0 saturated heterocycles. The number of hydrogen-bond acceptors (Lipinski definition) is 1. The van der Waals surface area contributed by atoms with Crippen molar-refractivity contribution in [2.75, 3.05) is 7.11 Å². The van der Waals surface area contributed by atoms with Gasteiger partial charge in [0.2, 0.25) is 5.82 Å². The summed E-state index contributed by atoms with van der Waals surface area (Å²) in [4.78, 5) is 0. The number of rotatable bonds is 4. The Bertz CT molecular complexity index is 654. The van der Waals surface area contributed by atoms with Crippen LogP contribution in [-0.2, 0) is 0 Å².